The maximum absolute atomic E-state index is 12.7. The number of methoxy groups -OCH3 is 1. The van der Waals surface area contributed by atoms with Crippen LogP contribution >= 0.6 is 0 Å². The predicted octanol–water partition coefficient (Wildman–Crippen LogP) is 1.44. The largest absolute Gasteiger partial charge is 0.495 e. The normalized spacial score (nSPS) is 22.4. The minimum atomic E-state index is -3.52. The number of piperidine rings is 1. The van der Waals surface area contributed by atoms with Crippen molar-refractivity contribution in [1.82, 2.24) is 4.31 Å². The van der Waals surface area contributed by atoms with Crippen LogP contribution in [0.1, 0.15) is 19.8 Å². The van der Waals surface area contributed by atoms with Crippen molar-refractivity contribution in [2.24, 2.45) is 11.7 Å². The van der Waals surface area contributed by atoms with Crippen LogP contribution in [0.5, 0.6) is 5.75 Å². The fraction of sp³-hybridized carbons (Fsp3) is 0.571. The monoisotopic (exact) mass is 298 g/mol. The maximum atomic E-state index is 12.7. The van der Waals surface area contributed by atoms with Crippen LogP contribution in [0.3, 0.4) is 0 Å². The Kier molecular flexibility index (Phi) is 4.67. The summed E-state index contributed by atoms with van der Waals surface area (Å²) in [5.41, 5.74) is 5.92. The SMILES string of the molecule is COc1ccccc1S(=O)(=O)N1CCC[C@@H]([C@@H](C)N)C1. The summed E-state index contributed by atoms with van der Waals surface area (Å²) in [6.45, 7) is 2.96. The summed E-state index contributed by atoms with van der Waals surface area (Å²) in [5.74, 6) is 0.601. The molecule has 0 amide bonds. The first-order chi connectivity index (χ1) is 9.46. The molecule has 20 heavy (non-hydrogen) atoms. The van der Waals surface area contributed by atoms with E-state index in [1.807, 2.05) is 6.92 Å². The molecule has 1 fully saturated rings. The number of benzene rings is 1. The molecule has 6 heteroatoms. The molecular formula is C14H22N2O3S. The minimum absolute atomic E-state index is 0.00525. The smallest absolute Gasteiger partial charge is 0.246 e. The van der Waals surface area contributed by atoms with E-state index >= 15 is 0 Å². The lowest BCUT2D eigenvalue weighted by molar-refractivity contribution is 0.242. The first kappa shape index (κ1) is 15.3. The van der Waals surface area contributed by atoms with E-state index in [-0.39, 0.29) is 16.9 Å². The van der Waals surface area contributed by atoms with Gasteiger partial charge in [0.25, 0.3) is 0 Å². The molecule has 2 rings (SSSR count). The maximum Gasteiger partial charge on any atom is 0.246 e. The molecule has 0 spiro atoms. The van der Waals surface area contributed by atoms with Crippen molar-refractivity contribution in [2.75, 3.05) is 20.2 Å². The van der Waals surface area contributed by atoms with Crippen LogP contribution in [0.2, 0.25) is 0 Å². The van der Waals surface area contributed by atoms with E-state index in [2.05, 4.69) is 0 Å². The third-order valence-corrected chi connectivity index (χ3v) is 5.76. The highest BCUT2D eigenvalue weighted by Gasteiger charge is 2.33. The van der Waals surface area contributed by atoms with Gasteiger partial charge in [0.05, 0.1) is 7.11 Å². The number of hydrogen-bond acceptors (Lipinski definition) is 4. The van der Waals surface area contributed by atoms with Crippen molar-refractivity contribution in [2.45, 2.75) is 30.7 Å². The van der Waals surface area contributed by atoms with Crippen molar-refractivity contribution in [3.05, 3.63) is 24.3 Å². The Hall–Kier alpha value is -1.11. The molecule has 1 aliphatic heterocycles. The van der Waals surface area contributed by atoms with Gasteiger partial charge in [-0.3, -0.25) is 0 Å². The highest BCUT2D eigenvalue weighted by molar-refractivity contribution is 7.89. The molecule has 0 unspecified atom stereocenters. The van der Waals surface area contributed by atoms with Gasteiger partial charge in [-0.15, -0.1) is 0 Å². The molecule has 1 aromatic rings. The molecule has 2 atom stereocenters. The lowest BCUT2D eigenvalue weighted by atomic mass is 9.93. The Labute approximate surface area is 120 Å². The van der Waals surface area contributed by atoms with Gasteiger partial charge in [-0.05, 0) is 37.8 Å². The average Bonchev–Trinajstić information content (AvgIpc) is 2.47. The van der Waals surface area contributed by atoms with Crippen LogP contribution in [0, 0.1) is 5.92 Å². The van der Waals surface area contributed by atoms with Crippen LogP contribution in [0.25, 0.3) is 0 Å². The van der Waals surface area contributed by atoms with E-state index in [1.54, 1.807) is 24.3 Å². The van der Waals surface area contributed by atoms with Crippen LogP contribution in [-0.4, -0.2) is 39.0 Å². The van der Waals surface area contributed by atoms with Crippen LogP contribution in [0.4, 0.5) is 0 Å². The van der Waals surface area contributed by atoms with Gasteiger partial charge in [-0.1, -0.05) is 12.1 Å². The molecule has 0 saturated carbocycles. The highest BCUT2D eigenvalue weighted by Crippen LogP contribution is 2.29. The Morgan fingerprint density at radius 3 is 2.75 bits per heavy atom. The summed E-state index contributed by atoms with van der Waals surface area (Å²) in [6, 6.07) is 6.73. The Bertz CT molecular complexity index is 557. The summed E-state index contributed by atoms with van der Waals surface area (Å²) in [5, 5.41) is 0. The molecule has 112 valence electrons. The minimum Gasteiger partial charge on any atom is -0.495 e. The second-order valence-corrected chi connectivity index (χ2v) is 7.18. The van der Waals surface area contributed by atoms with Gasteiger partial charge in [0.1, 0.15) is 10.6 Å². The zero-order valence-electron chi connectivity index (χ0n) is 12.0. The zero-order chi connectivity index (χ0) is 14.8. The van der Waals surface area contributed by atoms with Gasteiger partial charge in [-0.25, -0.2) is 8.42 Å². The summed E-state index contributed by atoms with van der Waals surface area (Å²) >= 11 is 0. The molecule has 2 N–H and O–H groups in total. The zero-order valence-corrected chi connectivity index (χ0v) is 12.8. The number of ether oxygens (including phenoxy) is 1. The van der Waals surface area contributed by atoms with E-state index in [9.17, 15) is 8.42 Å². The quantitative estimate of drug-likeness (QED) is 0.913. The summed E-state index contributed by atoms with van der Waals surface area (Å²) in [7, 11) is -2.04. The van der Waals surface area contributed by atoms with Gasteiger partial charge >= 0.3 is 0 Å². The van der Waals surface area contributed by atoms with Crippen molar-refractivity contribution in [3.63, 3.8) is 0 Å². The third-order valence-electron chi connectivity index (χ3n) is 3.85. The van der Waals surface area contributed by atoms with Gasteiger partial charge in [0, 0.05) is 19.1 Å². The number of nitrogens with two attached hydrogens (primary N) is 1. The molecule has 0 bridgehead atoms. The summed E-state index contributed by atoms with van der Waals surface area (Å²) in [4.78, 5) is 0.229. The number of rotatable bonds is 4. The molecule has 0 radical (unpaired) electrons. The van der Waals surface area contributed by atoms with E-state index < -0.39 is 10.0 Å². The van der Waals surface area contributed by atoms with E-state index in [1.165, 1.54) is 11.4 Å². The van der Waals surface area contributed by atoms with Crippen LogP contribution in [-0.2, 0) is 10.0 Å². The van der Waals surface area contributed by atoms with Crippen LogP contribution in [0.15, 0.2) is 29.2 Å². The van der Waals surface area contributed by atoms with Crippen molar-refractivity contribution < 1.29 is 13.2 Å². The van der Waals surface area contributed by atoms with E-state index in [4.69, 9.17) is 10.5 Å². The topological polar surface area (TPSA) is 72.6 Å². The Balaban J connectivity index is 2.30. The highest BCUT2D eigenvalue weighted by atomic mass is 32.2. The third kappa shape index (κ3) is 2.97. The van der Waals surface area contributed by atoms with Crippen LogP contribution < -0.4 is 10.5 Å². The lowest BCUT2D eigenvalue weighted by Gasteiger charge is -2.34. The number of nitrogens with zero attached hydrogens (tertiary/aromatic N) is 1. The average molecular weight is 298 g/mol. The van der Waals surface area contributed by atoms with Crippen molar-refractivity contribution in [3.8, 4) is 5.75 Å². The Morgan fingerprint density at radius 1 is 1.40 bits per heavy atom. The predicted molar refractivity (Wildman–Crippen MR) is 78.1 cm³/mol. The molecule has 5 nitrogen and oxygen atoms in total. The fourth-order valence-corrected chi connectivity index (χ4v) is 4.28. The first-order valence-electron chi connectivity index (χ1n) is 6.85. The molecule has 0 aromatic heterocycles. The fourth-order valence-electron chi connectivity index (χ4n) is 2.59. The molecular weight excluding hydrogens is 276 g/mol. The van der Waals surface area contributed by atoms with Crippen molar-refractivity contribution in [1.29, 1.82) is 0 Å². The molecule has 1 aromatic carbocycles. The summed E-state index contributed by atoms with van der Waals surface area (Å²) in [6.07, 6.45) is 1.83. The summed E-state index contributed by atoms with van der Waals surface area (Å²) < 4.78 is 32.2. The first-order valence-corrected chi connectivity index (χ1v) is 8.29. The number of para-hydroxylation sites is 1. The van der Waals surface area contributed by atoms with Gasteiger partial charge < -0.3 is 10.5 Å². The Morgan fingerprint density at radius 2 is 2.10 bits per heavy atom. The number of sulfonamides is 1. The second-order valence-electron chi connectivity index (χ2n) is 5.28. The number of hydrogen-bond donors (Lipinski definition) is 1. The second kappa shape index (κ2) is 6.11. The van der Waals surface area contributed by atoms with Gasteiger partial charge in [-0.2, -0.15) is 4.31 Å². The van der Waals surface area contributed by atoms with Crippen molar-refractivity contribution >= 4 is 10.0 Å². The molecule has 1 aliphatic rings. The molecule has 0 aliphatic carbocycles. The molecule has 1 saturated heterocycles. The van der Waals surface area contributed by atoms with Gasteiger partial charge in [0.2, 0.25) is 10.0 Å². The lowest BCUT2D eigenvalue weighted by Crippen LogP contribution is -2.45. The van der Waals surface area contributed by atoms with E-state index in [0.29, 0.717) is 18.8 Å². The molecule has 1 heterocycles. The standard InChI is InChI=1S/C14H22N2O3S/c1-11(15)12-6-5-9-16(10-12)20(17,18)14-8-4-3-7-13(14)19-2/h3-4,7-8,11-12H,5-6,9-10,15H2,1-2H3/t11-,12-/m1/s1. The van der Waals surface area contributed by atoms with Gasteiger partial charge in [0.15, 0.2) is 0 Å². The van der Waals surface area contributed by atoms with E-state index in [0.717, 1.165) is 12.8 Å².